The molecule has 0 amide bonds. The number of hydrogen-bond acceptors (Lipinski definition) is 6. The van der Waals surface area contributed by atoms with Crippen molar-refractivity contribution in [2.24, 2.45) is 13.0 Å². The molecule has 28 heavy (non-hydrogen) atoms. The second-order valence-corrected chi connectivity index (χ2v) is 7.33. The number of aryl methyl sites for hydroxylation is 1. The number of anilines is 1. The number of pyridine rings is 1. The third kappa shape index (κ3) is 3.11. The summed E-state index contributed by atoms with van der Waals surface area (Å²) < 4.78 is 3.98. The van der Waals surface area contributed by atoms with E-state index in [1.807, 2.05) is 48.8 Å². The second-order valence-electron chi connectivity index (χ2n) is 7.33. The quantitative estimate of drug-likeness (QED) is 0.546. The van der Waals surface area contributed by atoms with Crippen LogP contribution in [0.1, 0.15) is 12.8 Å². The molecule has 4 aromatic heterocycles. The van der Waals surface area contributed by atoms with Gasteiger partial charge in [-0.15, -0.1) is 0 Å². The molecule has 142 valence electrons. The Balaban J connectivity index is 1.52. The van der Waals surface area contributed by atoms with Crippen LogP contribution in [0.15, 0.2) is 49.4 Å². The van der Waals surface area contributed by atoms with Gasteiger partial charge in [0.05, 0.1) is 17.9 Å². The molecule has 8 nitrogen and oxygen atoms in total. The minimum Gasteiger partial charge on any atom is -0.356 e. The first kappa shape index (κ1) is 16.9. The van der Waals surface area contributed by atoms with Crippen molar-refractivity contribution in [2.45, 2.75) is 19.4 Å². The second kappa shape index (κ2) is 7.03. The summed E-state index contributed by atoms with van der Waals surface area (Å²) >= 11 is 0. The highest BCUT2D eigenvalue weighted by atomic mass is 15.3. The molecule has 5 heterocycles. The van der Waals surface area contributed by atoms with Crippen LogP contribution in [0.2, 0.25) is 0 Å². The van der Waals surface area contributed by atoms with Crippen molar-refractivity contribution < 1.29 is 0 Å². The van der Waals surface area contributed by atoms with Crippen LogP contribution in [0, 0.1) is 5.92 Å². The zero-order valence-corrected chi connectivity index (χ0v) is 15.8. The highest BCUT2D eigenvalue weighted by Gasteiger charge is 2.24. The topological polar surface area (TPSA) is 77.5 Å². The fraction of sp³-hybridized carbons (Fsp3) is 0.350. The Bertz CT molecular complexity index is 1070. The normalized spacial score (nSPS) is 17.3. The van der Waals surface area contributed by atoms with E-state index in [1.54, 1.807) is 12.4 Å². The molecular formula is C20H22N8. The van der Waals surface area contributed by atoms with Crippen molar-refractivity contribution >= 4 is 16.9 Å². The molecule has 0 bridgehead atoms. The predicted octanol–water partition coefficient (Wildman–Crippen LogP) is 2.54. The van der Waals surface area contributed by atoms with Gasteiger partial charge >= 0.3 is 0 Å². The summed E-state index contributed by atoms with van der Waals surface area (Å²) in [5.74, 6) is 2.25. The van der Waals surface area contributed by atoms with Gasteiger partial charge < -0.3 is 9.47 Å². The Hall–Kier alpha value is -3.29. The average Bonchev–Trinajstić information content (AvgIpc) is 3.38. The molecule has 1 fully saturated rings. The molecule has 0 saturated carbocycles. The number of rotatable bonds is 4. The number of imidazole rings is 1. The monoisotopic (exact) mass is 374 g/mol. The molecule has 1 saturated heterocycles. The van der Waals surface area contributed by atoms with Gasteiger partial charge in [-0.3, -0.25) is 9.67 Å². The summed E-state index contributed by atoms with van der Waals surface area (Å²) in [5, 5.41) is 5.43. The van der Waals surface area contributed by atoms with E-state index in [-0.39, 0.29) is 0 Å². The van der Waals surface area contributed by atoms with Crippen molar-refractivity contribution in [3.05, 3.63) is 49.4 Å². The minimum atomic E-state index is 0.564. The summed E-state index contributed by atoms with van der Waals surface area (Å²) in [6.07, 6.45) is 13.5. The van der Waals surface area contributed by atoms with E-state index in [0.717, 1.165) is 48.5 Å². The summed E-state index contributed by atoms with van der Waals surface area (Å²) in [6, 6.07) is 3.89. The first-order valence-electron chi connectivity index (χ1n) is 9.59. The van der Waals surface area contributed by atoms with E-state index in [4.69, 9.17) is 9.97 Å². The van der Waals surface area contributed by atoms with Gasteiger partial charge in [-0.2, -0.15) is 5.10 Å². The number of hydrogen-bond donors (Lipinski definition) is 0. The molecule has 1 aliphatic rings. The molecule has 8 heteroatoms. The first-order valence-corrected chi connectivity index (χ1v) is 9.59. The molecule has 0 aliphatic carbocycles. The van der Waals surface area contributed by atoms with Crippen molar-refractivity contribution in [2.75, 3.05) is 18.0 Å². The van der Waals surface area contributed by atoms with E-state index < -0.39 is 0 Å². The molecule has 1 aliphatic heterocycles. The van der Waals surface area contributed by atoms with Gasteiger partial charge in [0.2, 0.25) is 0 Å². The van der Waals surface area contributed by atoms with Gasteiger partial charge in [0.25, 0.3) is 0 Å². The lowest BCUT2D eigenvalue weighted by Crippen LogP contribution is -2.37. The molecule has 1 atom stereocenters. The third-order valence-electron chi connectivity index (χ3n) is 5.36. The van der Waals surface area contributed by atoms with Crippen LogP contribution >= 0.6 is 0 Å². The van der Waals surface area contributed by atoms with Gasteiger partial charge in [0.15, 0.2) is 11.5 Å². The summed E-state index contributed by atoms with van der Waals surface area (Å²) in [5.41, 5.74) is 1.82. The minimum absolute atomic E-state index is 0.564. The van der Waals surface area contributed by atoms with Crippen LogP contribution < -0.4 is 4.90 Å². The van der Waals surface area contributed by atoms with Crippen LogP contribution in [0.4, 0.5) is 5.82 Å². The maximum Gasteiger partial charge on any atom is 0.164 e. The summed E-state index contributed by atoms with van der Waals surface area (Å²) in [7, 11) is 1.92. The van der Waals surface area contributed by atoms with E-state index in [9.17, 15) is 0 Å². The van der Waals surface area contributed by atoms with Gasteiger partial charge in [0.1, 0.15) is 5.82 Å². The fourth-order valence-electron chi connectivity index (χ4n) is 3.98. The summed E-state index contributed by atoms with van der Waals surface area (Å²) in [6.45, 7) is 2.95. The first-order chi connectivity index (χ1) is 13.8. The molecule has 4 aromatic rings. The maximum atomic E-state index is 4.95. The van der Waals surface area contributed by atoms with E-state index in [1.165, 1.54) is 6.42 Å². The molecular weight excluding hydrogens is 352 g/mol. The lowest BCUT2D eigenvalue weighted by molar-refractivity contribution is 0.365. The largest absolute Gasteiger partial charge is 0.356 e. The predicted molar refractivity (Wildman–Crippen MR) is 107 cm³/mol. The zero-order chi connectivity index (χ0) is 18.9. The molecule has 5 rings (SSSR count). The van der Waals surface area contributed by atoms with E-state index >= 15 is 0 Å². The van der Waals surface area contributed by atoms with Crippen LogP contribution in [0.3, 0.4) is 0 Å². The van der Waals surface area contributed by atoms with Crippen molar-refractivity contribution in [3.63, 3.8) is 0 Å². The number of aromatic nitrogens is 7. The standard InChI is InChI=1S/C20H22N8/c1-26-19-17(11-23-26)20(25-18(24-19)16-4-6-21-7-5-16)28-9-2-3-15(13-28)12-27-10-8-22-14-27/h4-8,10-11,14-15H,2-3,9,12-13H2,1H3/t15-/m1/s1. The lowest BCUT2D eigenvalue weighted by Gasteiger charge is -2.34. The highest BCUT2D eigenvalue weighted by Crippen LogP contribution is 2.30. The lowest BCUT2D eigenvalue weighted by atomic mass is 9.97. The zero-order valence-electron chi connectivity index (χ0n) is 15.8. The van der Waals surface area contributed by atoms with Crippen molar-refractivity contribution in [1.82, 2.24) is 34.3 Å². The van der Waals surface area contributed by atoms with Crippen LogP contribution in [0.5, 0.6) is 0 Å². The Kier molecular flexibility index (Phi) is 4.23. The number of piperidine rings is 1. The smallest absolute Gasteiger partial charge is 0.164 e. The van der Waals surface area contributed by atoms with E-state index in [0.29, 0.717) is 11.7 Å². The molecule has 0 radical (unpaired) electrons. The number of fused-ring (bicyclic) bond motifs is 1. The van der Waals surface area contributed by atoms with E-state index in [2.05, 4.69) is 24.5 Å². The average molecular weight is 374 g/mol. The van der Waals surface area contributed by atoms with Crippen molar-refractivity contribution in [1.29, 1.82) is 0 Å². The van der Waals surface area contributed by atoms with Gasteiger partial charge in [-0.25, -0.2) is 15.0 Å². The Labute approximate surface area is 162 Å². The molecule has 0 spiro atoms. The number of nitrogens with zero attached hydrogens (tertiary/aromatic N) is 8. The van der Waals surface area contributed by atoms with Gasteiger partial charge in [-0.1, -0.05) is 0 Å². The van der Waals surface area contributed by atoms with Crippen LogP contribution in [-0.2, 0) is 13.6 Å². The SMILES string of the molecule is Cn1ncc2c(N3CCC[C@H](Cn4ccnc4)C3)nc(-c3ccncc3)nc21. The maximum absolute atomic E-state index is 4.95. The Morgan fingerprint density at radius 1 is 1.11 bits per heavy atom. The van der Waals surface area contributed by atoms with Crippen LogP contribution in [-0.4, -0.2) is 47.4 Å². The van der Waals surface area contributed by atoms with Gasteiger partial charge in [-0.05, 0) is 30.9 Å². The molecule has 0 N–H and O–H groups in total. The Morgan fingerprint density at radius 3 is 2.82 bits per heavy atom. The van der Waals surface area contributed by atoms with Crippen molar-refractivity contribution in [3.8, 4) is 11.4 Å². The molecule has 0 unspecified atom stereocenters. The highest BCUT2D eigenvalue weighted by molar-refractivity contribution is 5.88. The summed E-state index contributed by atoms with van der Waals surface area (Å²) in [4.78, 5) is 20.4. The third-order valence-corrected chi connectivity index (χ3v) is 5.36. The fourth-order valence-corrected chi connectivity index (χ4v) is 3.98. The van der Waals surface area contributed by atoms with Crippen LogP contribution in [0.25, 0.3) is 22.4 Å². The Morgan fingerprint density at radius 2 is 2.00 bits per heavy atom. The van der Waals surface area contributed by atoms with Gasteiger partial charge in [0, 0.05) is 57.0 Å². The molecule has 0 aromatic carbocycles.